The quantitative estimate of drug-likeness (QED) is 0.619. The summed E-state index contributed by atoms with van der Waals surface area (Å²) in [4.78, 5) is 20.5. The molecule has 0 spiro atoms. The summed E-state index contributed by atoms with van der Waals surface area (Å²) < 4.78 is 4.94. The molecule has 1 aliphatic carbocycles. The van der Waals surface area contributed by atoms with Crippen molar-refractivity contribution in [2.75, 3.05) is 25.6 Å². The van der Waals surface area contributed by atoms with Crippen molar-refractivity contribution in [3.05, 3.63) is 18.0 Å². The lowest BCUT2D eigenvalue weighted by atomic mass is 10.1. The Morgan fingerprint density at radius 2 is 1.90 bits per heavy atom. The Labute approximate surface area is 125 Å². The Hall–Kier alpha value is -1.69. The number of methoxy groups -OCH3 is 1. The lowest BCUT2D eigenvalue weighted by molar-refractivity contribution is 0.0932. The summed E-state index contributed by atoms with van der Waals surface area (Å²) in [6, 6.07) is 0.291. The normalized spacial score (nSPS) is 16.2. The molecule has 1 heterocycles. The minimum atomic E-state index is -0.0784. The van der Waals surface area contributed by atoms with Crippen LogP contribution in [-0.2, 0) is 4.74 Å². The second kappa shape index (κ2) is 8.56. The first-order valence-corrected chi connectivity index (χ1v) is 7.65. The average Bonchev–Trinajstić information content (AvgIpc) is 2.77. The van der Waals surface area contributed by atoms with Crippen LogP contribution in [0.5, 0.6) is 0 Å². The van der Waals surface area contributed by atoms with Gasteiger partial charge in [0.2, 0.25) is 5.95 Å². The van der Waals surface area contributed by atoms with E-state index in [1.54, 1.807) is 19.5 Å². The predicted octanol–water partition coefficient (Wildman–Crippen LogP) is 1.99. The van der Waals surface area contributed by atoms with Gasteiger partial charge in [0, 0.05) is 32.1 Å². The molecule has 116 valence electrons. The van der Waals surface area contributed by atoms with Gasteiger partial charge in [0.1, 0.15) is 0 Å². The first kappa shape index (κ1) is 15.7. The van der Waals surface area contributed by atoms with Gasteiger partial charge in [-0.15, -0.1) is 0 Å². The van der Waals surface area contributed by atoms with Crippen molar-refractivity contribution >= 4 is 11.9 Å². The first-order chi connectivity index (χ1) is 10.3. The van der Waals surface area contributed by atoms with Gasteiger partial charge < -0.3 is 15.4 Å². The summed E-state index contributed by atoms with van der Waals surface area (Å²) in [5.74, 6) is 0.434. The van der Waals surface area contributed by atoms with Crippen molar-refractivity contribution in [1.82, 2.24) is 15.3 Å². The molecule has 0 unspecified atom stereocenters. The van der Waals surface area contributed by atoms with Crippen LogP contribution in [0.2, 0.25) is 0 Å². The first-order valence-electron chi connectivity index (χ1n) is 7.65. The van der Waals surface area contributed by atoms with E-state index in [2.05, 4.69) is 20.6 Å². The lowest BCUT2D eigenvalue weighted by Gasteiger charge is -2.16. The SMILES string of the molecule is COCCNc1ncc(C(=O)NC2CCCCCC2)cn1. The standard InChI is InChI=1S/C15H24N4O2/c1-21-9-8-16-15-17-10-12(11-18-15)14(20)19-13-6-4-2-3-5-7-13/h10-11,13H,2-9H2,1H3,(H,19,20)(H,16,17,18). The van der Waals surface area contributed by atoms with Crippen LogP contribution in [0.4, 0.5) is 5.95 Å². The lowest BCUT2D eigenvalue weighted by Crippen LogP contribution is -2.34. The summed E-state index contributed by atoms with van der Waals surface area (Å²) in [5.41, 5.74) is 0.511. The van der Waals surface area contributed by atoms with E-state index in [-0.39, 0.29) is 5.91 Å². The van der Waals surface area contributed by atoms with Crippen LogP contribution >= 0.6 is 0 Å². The van der Waals surface area contributed by atoms with E-state index in [0.29, 0.717) is 30.7 Å². The maximum atomic E-state index is 12.2. The van der Waals surface area contributed by atoms with Crippen LogP contribution in [0.25, 0.3) is 0 Å². The molecule has 21 heavy (non-hydrogen) atoms. The van der Waals surface area contributed by atoms with Crippen LogP contribution in [0.15, 0.2) is 12.4 Å². The maximum absolute atomic E-state index is 12.2. The second-order valence-corrected chi connectivity index (χ2v) is 5.38. The molecule has 0 saturated heterocycles. The Morgan fingerprint density at radius 3 is 2.52 bits per heavy atom. The number of carbonyl (C=O) groups is 1. The third-order valence-electron chi connectivity index (χ3n) is 3.69. The Balaban J connectivity index is 1.84. The summed E-state index contributed by atoms with van der Waals surface area (Å²) in [7, 11) is 1.64. The molecule has 0 atom stereocenters. The van der Waals surface area contributed by atoms with E-state index in [1.165, 1.54) is 25.7 Å². The molecule has 0 aromatic carbocycles. The summed E-state index contributed by atoms with van der Waals surface area (Å²) in [6.07, 6.45) is 10.2. The zero-order valence-corrected chi connectivity index (χ0v) is 12.6. The number of anilines is 1. The van der Waals surface area contributed by atoms with E-state index in [1.807, 2.05) is 0 Å². The number of amides is 1. The summed E-state index contributed by atoms with van der Waals surface area (Å²) in [6.45, 7) is 1.23. The smallest absolute Gasteiger partial charge is 0.254 e. The molecule has 0 bridgehead atoms. The topological polar surface area (TPSA) is 76.1 Å². The highest BCUT2D eigenvalue weighted by atomic mass is 16.5. The highest BCUT2D eigenvalue weighted by Crippen LogP contribution is 2.17. The van der Waals surface area contributed by atoms with E-state index in [4.69, 9.17) is 4.74 Å². The van der Waals surface area contributed by atoms with E-state index in [9.17, 15) is 4.79 Å². The number of rotatable bonds is 6. The van der Waals surface area contributed by atoms with Gasteiger partial charge in [-0.2, -0.15) is 0 Å². The van der Waals surface area contributed by atoms with Crippen LogP contribution < -0.4 is 10.6 Å². The fourth-order valence-electron chi connectivity index (χ4n) is 2.49. The zero-order chi connectivity index (χ0) is 14.9. The van der Waals surface area contributed by atoms with Crippen molar-refractivity contribution in [2.24, 2.45) is 0 Å². The number of nitrogens with zero attached hydrogens (tertiary/aromatic N) is 2. The molecular formula is C15H24N4O2. The molecule has 2 rings (SSSR count). The predicted molar refractivity (Wildman–Crippen MR) is 81.4 cm³/mol. The fourth-order valence-corrected chi connectivity index (χ4v) is 2.49. The maximum Gasteiger partial charge on any atom is 0.254 e. The van der Waals surface area contributed by atoms with Gasteiger partial charge in [0.15, 0.2) is 0 Å². The molecule has 1 saturated carbocycles. The molecule has 1 aliphatic rings. The van der Waals surface area contributed by atoms with Gasteiger partial charge in [-0.25, -0.2) is 9.97 Å². The number of ether oxygens (including phenoxy) is 1. The van der Waals surface area contributed by atoms with Crippen molar-refractivity contribution in [3.8, 4) is 0 Å². The van der Waals surface area contributed by atoms with E-state index >= 15 is 0 Å². The van der Waals surface area contributed by atoms with Gasteiger partial charge in [-0.1, -0.05) is 25.7 Å². The third-order valence-corrected chi connectivity index (χ3v) is 3.69. The number of hydrogen-bond donors (Lipinski definition) is 2. The fraction of sp³-hybridized carbons (Fsp3) is 0.667. The largest absolute Gasteiger partial charge is 0.383 e. The molecule has 0 radical (unpaired) electrons. The Morgan fingerprint density at radius 1 is 1.24 bits per heavy atom. The highest BCUT2D eigenvalue weighted by Gasteiger charge is 2.16. The molecule has 1 fully saturated rings. The zero-order valence-electron chi connectivity index (χ0n) is 12.6. The van der Waals surface area contributed by atoms with Crippen molar-refractivity contribution in [2.45, 2.75) is 44.6 Å². The summed E-state index contributed by atoms with van der Waals surface area (Å²) >= 11 is 0. The molecular weight excluding hydrogens is 268 g/mol. The van der Waals surface area contributed by atoms with Crippen LogP contribution in [0, 0.1) is 0 Å². The van der Waals surface area contributed by atoms with Crippen LogP contribution in [0.1, 0.15) is 48.9 Å². The van der Waals surface area contributed by atoms with Gasteiger partial charge in [0.05, 0.1) is 12.2 Å². The van der Waals surface area contributed by atoms with Crippen LogP contribution in [0.3, 0.4) is 0 Å². The van der Waals surface area contributed by atoms with Crippen molar-refractivity contribution in [1.29, 1.82) is 0 Å². The molecule has 2 N–H and O–H groups in total. The number of aromatic nitrogens is 2. The summed E-state index contributed by atoms with van der Waals surface area (Å²) in [5, 5.41) is 6.11. The third kappa shape index (κ3) is 5.30. The molecule has 1 aromatic heterocycles. The monoisotopic (exact) mass is 292 g/mol. The van der Waals surface area contributed by atoms with Crippen molar-refractivity contribution in [3.63, 3.8) is 0 Å². The molecule has 1 aromatic rings. The Kier molecular flexibility index (Phi) is 6.40. The Bertz CT molecular complexity index is 428. The van der Waals surface area contributed by atoms with Gasteiger partial charge in [0.25, 0.3) is 5.91 Å². The van der Waals surface area contributed by atoms with Gasteiger partial charge >= 0.3 is 0 Å². The molecule has 1 amide bonds. The molecule has 6 heteroatoms. The van der Waals surface area contributed by atoms with E-state index < -0.39 is 0 Å². The number of hydrogen-bond acceptors (Lipinski definition) is 5. The van der Waals surface area contributed by atoms with Crippen molar-refractivity contribution < 1.29 is 9.53 Å². The highest BCUT2D eigenvalue weighted by molar-refractivity contribution is 5.93. The van der Waals surface area contributed by atoms with Crippen LogP contribution in [-0.4, -0.2) is 42.2 Å². The average molecular weight is 292 g/mol. The van der Waals surface area contributed by atoms with Gasteiger partial charge in [-0.3, -0.25) is 4.79 Å². The molecule has 6 nitrogen and oxygen atoms in total. The minimum Gasteiger partial charge on any atom is -0.383 e. The number of carbonyl (C=O) groups excluding carboxylic acids is 1. The molecule has 0 aliphatic heterocycles. The van der Waals surface area contributed by atoms with E-state index in [0.717, 1.165) is 12.8 Å². The number of nitrogens with one attached hydrogen (secondary N) is 2. The second-order valence-electron chi connectivity index (χ2n) is 5.38. The minimum absolute atomic E-state index is 0.0784. The van der Waals surface area contributed by atoms with Gasteiger partial charge in [-0.05, 0) is 12.8 Å².